The quantitative estimate of drug-likeness (QED) is 0.110. The van der Waals surface area contributed by atoms with Crippen LogP contribution in [0.4, 0.5) is 4.79 Å². The van der Waals surface area contributed by atoms with E-state index in [1.54, 1.807) is 0 Å². The third-order valence-electron chi connectivity index (χ3n) is 6.95. The molecular formula is C32H55NO4. The molecule has 0 radical (unpaired) electrons. The summed E-state index contributed by atoms with van der Waals surface area (Å²) < 4.78 is 10.9. The Morgan fingerprint density at radius 3 is 1.95 bits per heavy atom. The van der Waals surface area contributed by atoms with Gasteiger partial charge in [0.2, 0.25) is 0 Å². The van der Waals surface area contributed by atoms with E-state index in [0.717, 1.165) is 37.7 Å². The number of amides is 1. The molecule has 0 heterocycles. The maximum Gasteiger partial charge on any atom is 0.407 e. The predicted molar refractivity (Wildman–Crippen MR) is 154 cm³/mol. The average molecular weight is 518 g/mol. The van der Waals surface area contributed by atoms with Crippen LogP contribution in [-0.2, 0) is 20.9 Å². The Kier molecular flexibility index (Phi) is 21.7. The summed E-state index contributed by atoms with van der Waals surface area (Å²) in [6.07, 6.45) is 20.5. The van der Waals surface area contributed by atoms with Crippen molar-refractivity contribution >= 4 is 12.1 Å². The topological polar surface area (TPSA) is 64.6 Å². The molecule has 0 aliphatic rings. The molecular weight excluding hydrogens is 462 g/mol. The van der Waals surface area contributed by atoms with Gasteiger partial charge in [-0.05, 0) is 37.2 Å². The Morgan fingerprint density at radius 1 is 0.703 bits per heavy atom. The van der Waals surface area contributed by atoms with Gasteiger partial charge in [0.15, 0.2) is 0 Å². The van der Waals surface area contributed by atoms with Gasteiger partial charge in [-0.2, -0.15) is 0 Å². The number of hydrogen-bond acceptors (Lipinski definition) is 4. The van der Waals surface area contributed by atoms with Crippen LogP contribution in [0.15, 0.2) is 30.3 Å². The maximum absolute atomic E-state index is 12.3. The van der Waals surface area contributed by atoms with Crippen LogP contribution in [0.1, 0.15) is 135 Å². The van der Waals surface area contributed by atoms with Crippen molar-refractivity contribution < 1.29 is 19.1 Å². The Labute approximate surface area is 227 Å². The third kappa shape index (κ3) is 20.7. The van der Waals surface area contributed by atoms with Gasteiger partial charge >= 0.3 is 12.1 Å². The zero-order chi connectivity index (χ0) is 26.8. The molecule has 5 nitrogen and oxygen atoms in total. The van der Waals surface area contributed by atoms with E-state index in [2.05, 4.69) is 19.2 Å². The Balaban J connectivity index is 2.04. The molecule has 1 aromatic rings. The zero-order valence-corrected chi connectivity index (χ0v) is 23.9. The molecule has 0 aliphatic heterocycles. The number of carbonyl (C=O) groups is 2. The molecule has 1 amide bonds. The first-order valence-electron chi connectivity index (χ1n) is 15.3. The lowest BCUT2D eigenvalue weighted by molar-refractivity contribution is -0.145. The number of carbonyl (C=O) groups excluding carboxylic acids is 2. The molecule has 1 atom stereocenters. The van der Waals surface area contributed by atoms with Crippen LogP contribution in [0.25, 0.3) is 0 Å². The van der Waals surface area contributed by atoms with Crippen LogP contribution < -0.4 is 5.32 Å². The second-order valence-electron chi connectivity index (χ2n) is 10.5. The van der Waals surface area contributed by atoms with E-state index >= 15 is 0 Å². The van der Waals surface area contributed by atoms with Crippen molar-refractivity contribution in [1.82, 2.24) is 5.32 Å². The summed E-state index contributed by atoms with van der Waals surface area (Å²) in [6, 6.07) is 9.68. The van der Waals surface area contributed by atoms with Gasteiger partial charge in [0.1, 0.15) is 6.61 Å². The molecule has 0 aromatic heterocycles. The molecule has 1 rings (SSSR count). The predicted octanol–water partition coefficient (Wildman–Crippen LogP) is 9.13. The fraction of sp³-hybridized carbons (Fsp3) is 0.750. The SMILES string of the molecule is CCCCCCCCC(CCCCCC)COC(=O)CCCCCCCNC(=O)OCc1ccccc1. The molecule has 37 heavy (non-hydrogen) atoms. The maximum atomic E-state index is 12.3. The lowest BCUT2D eigenvalue weighted by Crippen LogP contribution is -2.25. The number of ether oxygens (including phenoxy) is 2. The molecule has 0 spiro atoms. The van der Waals surface area contributed by atoms with Gasteiger partial charge in [-0.1, -0.05) is 128 Å². The first-order valence-corrected chi connectivity index (χ1v) is 15.3. The number of rotatable bonds is 24. The van der Waals surface area contributed by atoms with Gasteiger partial charge in [0.05, 0.1) is 6.61 Å². The van der Waals surface area contributed by atoms with E-state index in [0.29, 0.717) is 32.1 Å². The number of benzene rings is 1. The minimum atomic E-state index is -0.369. The van der Waals surface area contributed by atoms with Gasteiger partial charge in [0.25, 0.3) is 0 Å². The molecule has 0 saturated heterocycles. The Bertz CT molecular complexity index is 664. The minimum absolute atomic E-state index is 0.0377. The molecule has 1 N–H and O–H groups in total. The standard InChI is InChI=1S/C32H55NO4/c1-3-5-7-9-11-16-22-29(21-15-8-6-4-2)27-36-31(34)25-19-12-10-13-20-26-33-32(35)37-28-30-23-17-14-18-24-30/h14,17-18,23-24,29H,3-13,15-16,19-22,25-28H2,1-2H3,(H,33,35). The van der Waals surface area contributed by atoms with Crippen LogP contribution in [0.2, 0.25) is 0 Å². The second kappa shape index (κ2) is 24.3. The lowest BCUT2D eigenvalue weighted by Gasteiger charge is -2.17. The van der Waals surface area contributed by atoms with Crippen molar-refractivity contribution in [2.24, 2.45) is 5.92 Å². The second-order valence-corrected chi connectivity index (χ2v) is 10.5. The van der Waals surface area contributed by atoms with E-state index in [9.17, 15) is 9.59 Å². The van der Waals surface area contributed by atoms with E-state index in [1.807, 2.05) is 30.3 Å². The van der Waals surface area contributed by atoms with Gasteiger partial charge in [0, 0.05) is 13.0 Å². The highest BCUT2D eigenvalue weighted by molar-refractivity contribution is 5.69. The molecule has 0 saturated carbocycles. The third-order valence-corrected chi connectivity index (χ3v) is 6.95. The molecule has 0 bridgehead atoms. The summed E-state index contributed by atoms with van der Waals surface area (Å²) >= 11 is 0. The van der Waals surface area contributed by atoms with Crippen LogP contribution in [-0.4, -0.2) is 25.2 Å². The van der Waals surface area contributed by atoms with E-state index in [1.165, 1.54) is 77.0 Å². The fourth-order valence-electron chi connectivity index (χ4n) is 4.56. The van der Waals surface area contributed by atoms with Crippen molar-refractivity contribution in [2.75, 3.05) is 13.2 Å². The highest BCUT2D eigenvalue weighted by atomic mass is 16.5. The monoisotopic (exact) mass is 517 g/mol. The highest BCUT2D eigenvalue weighted by Crippen LogP contribution is 2.20. The molecule has 0 aliphatic carbocycles. The molecule has 1 unspecified atom stereocenters. The van der Waals surface area contributed by atoms with Crippen molar-refractivity contribution in [3.8, 4) is 0 Å². The summed E-state index contributed by atoms with van der Waals surface area (Å²) in [4.78, 5) is 24.0. The van der Waals surface area contributed by atoms with E-state index in [-0.39, 0.29) is 12.1 Å². The summed E-state index contributed by atoms with van der Waals surface area (Å²) in [5.41, 5.74) is 0.983. The fourth-order valence-corrected chi connectivity index (χ4v) is 4.56. The molecule has 212 valence electrons. The number of unbranched alkanes of at least 4 members (excludes halogenated alkanes) is 12. The average Bonchev–Trinajstić information content (AvgIpc) is 2.92. The summed E-state index contributed by atoms with van der Waals surface area (Å²) in [6.45, 7) is 6.02. The normalized spacial score (nSPS) is 11.7. The van der Waals surface area contributed by atoms with Crippen LogP contribution in [0.5, 0.6) is 0 Å². The van der Waals surface area contributed by atoms with Crippen molar-refractivity contribution in [2.45, 2.75) is 136 Å². The Morgan fingerprint density at radius 2 is 1.27 bits per heavy atom. The molecule has 1 aromatic carbocycles. The van der Waals surface area contributed by atoms with Gasteiger partial charge < -0.3 is 14.8 Å². The Hall–Kier alpha value is -2.04. The van der Waals surface area contributed by atoms with Crippen molar-refractivity contribution in [3.05, 3.63) is 35.9 Å². The summed E-state index contributed by atoms with van der Waals surface area (Å²) in [5.74, 6) is 0.489. The van der Waals surface area contributed by atoms with Crippen molar-refractivity contribution in [1.29, 1.82) is 0 Å². The summed E-state index contributed by atoms with van der Waals surface area (Å²) in [5, 5.41) is 2.80. The van der Waals surface area contributed by atoms with Crippen LogP contribution >= 0.6 is 0 Å². The van der Waals surface area contributed by atoms with Gasteiger partial charge in [-0.15, -0.1) is 0 Å². The first kappa shape index (κ1) is 33.0. The van der Waals surface area contributed by atoms with E-state index in [4.69, 9.17) is 9.47 Å². The number of hydrogen-bond donors (Lipinski definition) is 1. The minimum Gasteiger partial charge on any atom is -0.465 e. The van der Waals surface area contributed by atoms with Crippen LogP contribution in [0.3, 0.4) is 0 Å². The molecule has 0 fully saturated rings. The number of nitrogens with one attached hydrogen (secondary N) is 1. The largest absolute Gasteiger partial charge is 0.465 e. The summed E-state index contributed by atoms with van der Waals surface area (Å²) in [7, 11) is 0. The zero-order valence-electron chi connectivity index (χ0n) is 23.9. The number of alkyl carbamates (subject to hydrolysis) is 1. The lowest BCUT2D eigenvalue weighted by atomic mass is 9.95. The van der Waals surface area contributed by atoms with Gasteiger partial charge in [-0.3, -0.25) is 4.79 Å². The van der Waals surface area contributed by atoms with E-state index < -0.39 is 0 Å². The smallest absolute Gasteiger partial charge is 0.407 e. The highest BCUT2D eigenvalue weighted by Gasteiger charge is 2.12. The number of esters is 1. The van der Waals surface area contributed by atoms with Gasteiger partial charge in [-0.25, -0.2) is 4.79 Å². The first-order chi connectivity index (χ1) is 18.2. The molecule has 5 heteroatoms. The van der Waals surface area contributed by atoms with Crippen LogP contribution in [0, 0.1) is 5.92 Å². The van der Waals surface area contributed by atoms with Crippen molar-refractivity contribution in [3.63, 3.8) is 0 Å².